The van der Waals surface area contributed by atoms with Crippen LogP contribution in [0.4, 0.5) is 0 Å². The summed E-state index contributed by atoms with van der Waals surface area (Å²) in [6.45, 7) is 9.76. The van der Waals surface area contributed by atoms with Crippen molar-refractivity contribution in [3.63, 3.8) is 0 Å². The van der Waals surface area contributed by atoms with Gasteiger partial charge in [0.2, 0.25) is 0 Å². The molecule has 100 valence electrons. The van der Waals surface area contributed by atoms with Crippen molar-refractivity contribution in [2.45, 2.75) is 39.5 Å². The van der Waals surface area contributed by atoms with Crippen molar-refractivity contribution in [1.82, 2.24) is 0 Å². The summed E-state index contributed by atoms with van der Waals surface area (Å²) in [5.74, 6) is 1.62. The standard InChI is InChI=1S/C16H24O2/c1-4-6-11-17-14(3)15-9-8-10-16(13-15)18-12-7-5-2/h8-10,13H,3-7,11-12H2,1-2H3. The van der Waals surface area contributed by atoms with Crippen LogP contribution in [0.1, 0.15) is 45.1 Å². The Kier molecular flexibility index (Phi) is 7.00. The molecule has 2 heteroatoms. The van der Waals surface area contributed by atoms with Gasteiger partial charge in [-0.1, -0.05) is 45.4 Å². The fourth-order valence-electron chi connectivity index (χ4n) is 1.52. The van der Waals surface area contributed by atoms with Gasteiger partial charge >= 0.3 is 0 Å². The zero-order valence-electron chi connectivity index (χ0n) is 11.6. The maximum atomic E-state index is 5.67. The highest BCUT2D eigenvalue weighted by Gasteiger charge is 2.02. The lowest BCUT2D eigenvalue weighted by Crippen LogP contribution is -1.98. The summed E-state index contributed by atoms with van der Waals surface area (Å²) in [6, 6.07) is 7.94. The van der Waals surface area contributed by atoms with Gasteiger partial charge < -0.3 is 9.47 Å². The molecule has 0 fully saturated rings. The highest BCUT2D eigenvalue weighted by molar-refractivity contribution is 5.59. The van der Waals surface area contributed by atoms with Gasteiger partial charge in [-0.15, -0.1) is 0 Å². The lowest BCUT2D eigenvalue weighted by molar-refractivity contribution is 0.270. The monoisotopic (exact) mass is 248 g/mol. The van der Waals surface area contributed by atoms with Gasteiger partial charge in [-0.3, -0.25) is 0 Å². The fourth-order valence-corrected chi connectivity index (χ4v) is 1.52. The minimum Gasteiger partial charge on any atom is -0.494 e. The molecule has 0 heterocycles. The van der Waals surface area contributed by atoms with E-state index in [-0.39, 0.29) is 0 Å². The van der Waals surface area contributed by atoms with E-state index in [1.807, 2.05) is 24.3 Å². The average molecular weight is 248 g/mol. The molecule has 0 amide bonds. The first-order valence-corrected chi connectivity index (χ1v) is 6.82. The molecule has 1 aromatic carbocycles. The third kappa shape index (κ3) is 5.26. The second kappa shape index (κ2) is 8.62. The third-order valence-corrected chi connectivity index (χ3v) is 2.70. The van der Waals surface area contributed by atoms with Crippen molar-refractivity contribution >= 4 is 5.76 Å². The maximum Gasteiger partial charge on any atom is 0.120 e. The molecule has 0 saturated heterocycles. The minimum atomic E-state index is 0.726. The molecular formula is C16H24O2. The molecule has 0 saturated carbocycles. The fraction of sp³-hybridized carbons (Fsp3) is 0.500. The Bertz CT molecular complexity index is 358. The van der Waals surface area contributed by atoms with Gasteiger partial charge in [0.05, 0.1) is 13.2 Å². The molecule has 18 heavy (non-hydrogen) atoms. The van der Waals surface area contributed by atoms with Gasteiger partial charge in [-0.05, 0) is 25.0 Å². The molecule has 0 aromatic heterocycles. The van der Waals surface area contributed by atoms with Gasteiger partial charge in [0.1, 0.15) is 11.5 Å². The van der Waals surface area contributed by atoms with Crippen LogP contribution in [0.15, 0.2) is 30.8 Å². The molecule has 0 unspecified atom stereocenters. The number of hydrogen-bond acceptors (Lipinski definition) is 2. The summed E-state index contributed by atoms with van der Waals surface area (Å²) < 4.78 is 11.3. The van der Waals surface area contributed by atoms with E-state index in [0.29, 0.717) is 0 Å². The van der Waals surface area contributed by atoms with Crippen molar-refractivity contribution in [2.24, 2.45) is 0 Å². The van der Waals surface area contributed by atoms with Crippen molar-refractivity contribution in [2.75, 3.05) is 13.2 Å². The van der Waals surface area contributed by atoms with Crippen LogP contribution in [0.25, 0.3) is 5.76 Å². The van der Waals surface area contributed by atoms with Crippen molar-refractivity contribution in [3.8, 4) is 5.75 Å². The van der Waals surface area contributed by atoms with Gasteiger partial charge in [0.15, 0.2) is 0 Å². The number of ether oxygens (including phenoxy) is 2. The van der Waals surface area contributed by atoms with E-state index in [1.165, 1.54) is 0 Å². The van der Waals surface area contributed by atoms with Crippen LogP contribution < -0.4 is 4.74 Å². The van der Waals surface area contributed by atoms with Crippen LogP contribution in [0.5, 0.6) is 5.75 Å². The molecular weight excluding hydrogens is 224 g/mol. The smallest absolute Gasteiger partial charge is 0.120 e. The Morgan fingerprint density at radius 2 is 1.83 bits per heavy atom. The summed E-state index contributed by atoms with van der Waals surface area (Å²) in [7, 11) is 0. The van der Waals surface area contributed by atoms with Crippen LogP contribution in [-0.4, -0.2) is 13.2 Å². The van der Waals surface area contributed by atoms with Gasteiger partial charge in [-0.25, -0.2) is 0 Å². The van der Waals surface area contributed by atoms with Gasteiger partial charge in [0.25, 0.3) is 0 Å². The maximum absolute atomic E-state index is 5.67. The molecule has 1 aromatic rings. The lowest BCUT2D eigenvalue weighted by atomic mass is 10.2. The summed E-state index contributed by atoms with van der Waals surface area (Å²) in [4.78, 5) is 0. The predicted molar refractivity (Wildman–Crippen MR) is 76.7 cm³/mol. The highest BCUT2D eigenvalue weighted by Crippen LogP contribution is 2.20. The summed E-state index contributed by atoms with van der Waals surface area (Å²) in [5.41, 5.74) is 1.00. The summed E-state index contributed by atoms with van der Waals surface area (Å²) >= 11 is 0. The van der Waals surface area contributed by atoms with E-state index in [1.54, 1.807) is 0 Å². The van der Waals surface area contributed by atoms with Crippen molar-refractivity contribution < 1.29 is 9.47 Å². The van der Waals surface area contributed by atoms with E-state index in [4.69, 9.17) is 9.47 Å². The van der Waals surface area contributed by atoms with Crippen LogP contribution in [0.2, 0.25) is 0 Å². The van der Waals surface area contributed by atoms with Crippen molar-refractivity contribution in [3.05, 3.63) is 36.4 Å². The molecule has 0 N–H and O–H groups in total. The zero-order chi connectivity index (χ0) is 13.2. The molecule has 1 rings (SSSR count). The summed E-state index contributed by atoms with van der Waals surface area (Å²) in [6.07, 6.45) is 4.42. The molecule has 0 aliphatic carbocycles. The van der Waals surface area contributed by atoms with Crippen LogP contribution in [0, 0.1) is 0 Å². The number of rotatable bonds is 9. The topological polar surface area (TPSA) is 18.5 Å². The van der Waals surface area contributed by atoms with Crippen LogP contribution in [-0.2, 0) is 4.74 Å². The predicted octanol–water partition coefficient (Wildman–Crippen LogP) is 4.65. The van der Waals surface area contributed by atoms with Crippen LogP contribution >= 0.6 is 0 Å². The van der Waals surface area contributed by atoms with E-state index < -0.39 is 0 Å². The first-order chi connectivity index (χ1) is 8.77. The summed E-state index contributed by atoms with van der Waals surface area (Å²) in [5, 5.41) is 0. The molecule has 2 nitrogen and oxygen atoms in total. The number of unbranched alkanes of at least 4 members (excludes halogenated alkanes) is 2. The third-order valence-electron chi connectivity index (χ3n) is 2.70. The second-order valence-corrected chi connectivity index (χ2v) is 4.36. The Balaban J connectivity index is 2.49. The minimum absolute atomic E-state index is 0.726. The second-order valence-electron chi connectivity index (χ2n) is 4.36. The quantitative estimate of drug-likeness (QED) is 0.467. The van der Waals surface area contributed by atoms with Gasteiger partial charge in [0, 0.05) is 5.56 Å². The molecule has 0 aliphatic heterocycles. The molecule has 0 aliphatic rings. The SMILES string of the molecule is C=C(OCCCC)c1cccc(OCCCC)c1. The molecule has 0 bridgehead atoms. The Morgan fingerprint density at radius 1 is 1.11 bits per heavy atom. The normalized spacial score (nSPS) is 10.1. The molecule has 0 spiro atoms. The Labute approximate surface area is 111 Å². The van der Waals surface area contributed by atoms with E-state index in [0.717, 1.165) is 56.0 Å². The first-order valence-electron chi connectivity index (χ1n) is 6.82. The largest absolute Gasteiger partial charge is 0.494 e. The Hall–Kier alpha value is -1.44. The first kappa shape index (κ1) is 14.6. The highest BCUT2D eigenvalue weighted by atomic mass is 16.5. The zero-order valence-corrected chi connectivity index (χ0v) is 11.6. The van der Waals surface area contributed by atoms with Gasteiger partial charge in [-0.2, -0.15) is 0 Å². The van der Waals surface area contributed by atoms with Crippen molar-refractivity contribution in [1.29, 1.82) is 0 Å². The molecule has 0 atom stereocenters. The van der Waals surface area contributed by atoms with Crippen LogP contribution in [0.3, 0.4) is 0 Å². The number of hydrogen-bond donors (Lipinski definition) is 0. The number of benzene rings is 1. The van der Waals surface area contributed by atoms with E-state index >= 15 is 0 Å². The molecule has 0 radical (unpaired) electrons. The average Bonchev–Trinajstić information content (AvgIpc) is 2.39. The van der Waals surface area contributed by atoms with E-state index in [9.17, 15) is 0 Å². The van der Waals surface area contributed by atoms with E-state index in [2.05, 4.69) is 20.4 Å². The Morgan fingerprint density at radius 3 is 2.56 bits per heavy atom. The lowest BCUT2D eigenvalue weighted by Gasteiger charge is -2.11.